The van der Waals surface area contributed by atoms with Crippen LogP contribution in [-0.4, -0.2) is 79.3 Å². The lowest BCUT2D eigenvalue weighted by Gasteiger charge is -2.53. The number of hydrogen-bond donors (Lipinski definition) is 0. The van der Waals surface area contributed by atoms with Gasteiger partial charge in [-0.1, -0.05) is 0 Å². The molecule has 1 fully saturated rings. The Hall–Kier alpha value is -0.240. The van der Waals surface area contributed by atoms with E-state index in [4.69, 9.17) is 28.4 Å². The van der Waals surface area contributed by atoms with Gasteiger partial charge in [0, 0.05) is 53.0 Å². The van der Waals surface area contributed by atoms with E-state index >= 15 is 0 Å². The minimum Gasteiger partial charge on any atom is -0.384 e. The van der Waals surface area contributed by atoms with Crippen LogP contribution < -0.4 is 0 Å². The monoisotopic (exact) mass is 362 g/mol. The molecule has 0 amide bonds. The number of rotatable bonds is 14. The maximum absolute atomic E-state index is 6.42. The predicted molar refractivity (Wildman–Crippen MR) is 97.1 cm³/mol. The first-order chi connectivity index (χ1) is 12.1. The van der Waals surface area contributed by atoms with E-state index in [2.05, 4.69) is 6.92 Å². The van der Waals surface area contributed by atoms with Crippen molar-refractivity contribution in [1.29, 1.82) is 0 Å². The van der Waals surface area contributed by atoms with Crippen LogP contribution in [0.25, 0.3) is 0 Å². The van der Waals surface area contributed by atoms with Crippen LogP contribution in [-0.2, 0) is 28.4 Å². The molecule has 1 aliphatic heterocycles. The van der Waals surface area contributed by atoms with Crippen molar-refractivity contribution in [2.75, 3.05) is 67.6 Å². The first-order valence-corrected chi connectivity index (χ1v) is 9.40. The summed E-state index contributed by atoms with van der Waals surface area (Å²) in [7, 11) is 5.19. The molecule has 0 aromatic carbocycles. The van der Waals surface area contributed by atoms with Crippen molar-refractivity contribution in [2.45, 2.75) is 51.2 Å². The van der Waals surface area contributed by atoms with Gasteiger partial charge in [-0.2, -0.15) is 0 Å². The maximum Gasteiger partial charge on any atom is 0.101 e. The van der Waals surface area contributed by atoms with Gasteiger partial charge in [0.2, 0.25) is 0 Å². The molecule has 1 saturated heterocycles. The van der Waals surface area contributed by atoms with Crippen molar-refractivity contribution < 1.29 is 28.4 Å². The van der Waals surface area contributed by atoms with Crippen molar-refractivity contribution in [3.63, 3.8) is 0 Å². The van der Waals surface area contributed by atoms with Gasteiger partial charge >= 0.3 is 0 Å². The molecule has 1 rings (SSSR count). The van der Waals surface area contributed by atoms with Crippen molar-refractivity contribution in [3.05, 3.63) is 0 Å². The van der Waals surface area contributed by atoms with Gasteiger partial charge < -0.3 is 28.4 Å². The molecule has 3 atom stereocenters. The minimum absolute atomic E-state index is 0.127. The number of methoxy groups -OCH3 is 3. The van der Waals surface area contributed by atoms with Crippen LogP contribution in [0.1, 0.15) is 39.5 Å². The highest BCUT2D eigenvalue weighted by atomic mass is 16.6. The third kappa shape index (κ3) is 6.45. The van der Waals surface area contributed by atoms with Gasteiger partial charge in [0.1, 0.15) is 5.60 Å². The summed E-state index contributed by atoms with van der Waals surface area (Å²) in [5.74, 6) is 0. The van der Waals surface area contributed by atoms with Gasteiger partial charge in [0.25, 0.3) is 0 Å². The van der Waals surface area contributed by atoms with Crippen molar-refractivity contribution in [3.8, 4) is 0 Å². The first-order valence-electron chi connectivity index (χ1n) is 9.40. The predicted octanol–water partition coefficient (Wildman–Crippen LogP) is 2.68. The van der Waals surface area contributed by atoms with Crippen molar-refractivity contribution >= 4 is 0 Å². The second-order valence-corrected chi connectivity index (χ2v) is 6.90. The molecule has 0 aromatic heterocycles. The molecule has 25 heavy (non-hydrogen) atoms. The molecule has 0 saturated carbocycles. The zero-order valence-corrected chi connectivity index (χ0v) is 16.8. The fourth-order valence-electron chi connectivity index (χ4n) is 3.88. The largest absolute Gasteiger partial charge is 0.384 e. The average molecular weight is 363 g/mol. The van der Waals surface area contributed by atoms with E-state index in [0.717, 1.165) is 32.3 Å². The Morgan fingerprint density at radius 2 is 1.80 bits per heavy atom. The van der Waals surface area contributed by atoms with Gasteiger partial charge in [0.15, 0.2) is 0 Å². The third-order valence-electron chi connectivity index (χ3n) is 5.27. The maximum atomic E-state index is 6.42. The molecule has 0 radical (unpaired) electrons. The van der Waals surface area contributed by atoms with Gasteiger partial charge in [-0.3, -0.25) is 0 Å². The highest BCUT2D eigenvalue weighted by Gasteiger charge is 2.54. The zero-order chi connectivity index (χ0) is 18.6. The summed E-state index contributed by atoms with van der Waals surface area (Å²) >= 11 is 0. The van der Waals surface area contributed by atoms with E-state index in [1.807, 2.05) is 6.92 Å². The lowest BCUT2D eigenvalue weighted by Crippen LogP contribution is -2.60. The SMILES string of the molecule is CCOCCC1(COCCOC)OCCCC1(COC)CC(C)OC. The molecule has 3 unspecified atom stereocenters. The van der Waals surface area contributed by atoms with Gasteiger partial charge in [-0.05, 0) is 33.1 Å². The minimum atomic E-state index is -0.434. The van der Waals surface area contributed by atoms with Crippen LogP contribution in [0.15, 0.2) is 0 Å². The van der Waals surface area contributed by atoms with Gasteiger partial charge in [-0.15, -0.1) is 0 Å². The van der Waals surface area contributed by atoms with E-state index in [1.165, 1.54) is 0 Å². The summed E-state index contributed by atoms with van der Waals surface area (Å²) in [4.78, 5) is 0. The van der Waals surface area contributed by atoms with E-state index < -0.39 is 5.60 Å². The second kappa shape index (κ2) is 12.2. The summed E-state index contributed by atoms with van der Waals surface area (Å²) < 4.78 is 34.4. The fraction of sp³-hybridized carbons (Fsp3) is 1.00. The summed E-state index contributed by atoms with van der Waals surface area (Å²) in [6.07, 6.45) is 3.84. The summed E-state index contributed by atoms with van der Waals surface area (Å²) in [5, 5.41) is 0. The Morgan fingerprint density at radius 3 is 2.44 bits per heavy atom. The van der Waals surface area contributed by atoms with Crippen molar-refractivity contribution in [1.82, 2.24) is 0 Å². The molecule has 0 aromatic rings. The molecule has 0 spiro atoms. The molecule has 6 heteroatoms. The lowest BCUT2D eigenvalue weighted by atomic mass is 9.63. The Bertz CT molecular complexity index is 336. The van der Waals surface area contributed by atoms with Gasteiger partial charge in [-0.25, -0.2) is 0 Å². The highest BCUT2D eigenvalue weighted by molar-refractivity contribution is 5.03. The molecular weight excluding hydrogens is 324 g/mol. The summed E-state index contributed by atoms with van der Waals surface area (Å²) in [6.45, 7) is 8.48. The molecule has 150 valence electrons. The number of hydrogen-bond acceptors (Lipinski definition) is 6. The van der Waals surface area contributed by atoms with Crippen LogP contribution in [0.4, 0.5) is 0 Å². The Labute approximate surface area is 153 Å². The quantitative estimate of drug-likeness (QED) is 0.443. The smallest absolute Gasteiger partial charge is 0.101 e. The first kappa shape index (κ1) is 22.8. The molecule has 6 nitrogen and oxygen atoms in total. The zero-order valence-electron chi connectivity index (χ0n) is 16.8. The Morgan fingerprint density at radius 1 is 1.00 bits per heavy atom. The average Bonchev–Trinajstić information content (AvgIpc) is 2.61. The molecular formula is C19H38O6. The standard InChI is InChI=1S/C19H38O6/c1-6-23-11-9-19(16-24-13-12-20-3)18(15-21-4,8-7-10-25-19)14-17(2)22-5/h17H,6-16H2,1-5H3. The van der Waals surface area contributed by atoms with Crippen LogP contribution in [0, 0.1) is 5.41 Å². The van der Waals surface area contributed by atoms with E-state index in [0.29, 0.717) is 39.6 Å². The Balaban J connectivity index is 3.03. The van der Waals surface area contributed by atoms with E-state index in [1.54, 1.807) is 21.3 Å². The van der Waals surface area contributed by atoms with Gasteiger partial charge in [0.05, 0.1) is 32.5 Å². The molecule has 0 bridgehead atoms. The normalized spacial score (nSPS) is 28.2. The third-order valence-corrected chi connectivity index (χ3v) is 5.27. The Kier molecular flexibility index (Phi) is 11.1. The van der Waals surface area contributed by atoms with Crippen LogP contribution in [0.2, 0.25) is 0 Å². The summed E-state index contributed by atoms with van der Waals surface area (Å²) in [6, 6.07) is 0. The van der Waals surface area contributed by atoms with Crippen LogP contribution in [0.3, 0.4) is 0 Å². The van der Waals surface area contributed by atoms with Crippen molar-refractivity contribution in [2.24, 2.45) is 5.41 Å². The summed E-state index contributed by atoms with van der Waals surface area (Å²) in [5.41, 5.74) is -0.587. The fourth-order valence-corrected chi connectivity index (χ4v) is 3.88. The van der Waals surface area contributed by atoms with Crippen LogP contribution >= 0.6 is 0 Å². The van der Waals surface area contributed by atoms with E-state index in [-0.39, 0.29) is 11.5 Å². The topological polar surface area (TPSA) is 55.4 Å². The molecule has 1 heterocycles. The van der Waals surface area contributed by atoms with E-state index in [9.17, 15) is 0 Å². The molecule has 0 N–H and O–H groups in total. The second-order valence-electron chi connectivity index (χ2n) is 6.90. The number of ether oxygens (including phenoxy) is 6. The molecule has 0 aliphatic carbocycles. The lowest BCUT2D eigenvalue weighted by molar-refractivity contribution is -0.232. The molecule has 1 aliphatic rings. The highest BCUT2D eigenvalue weighted by Crippen LogP contribution is 2.49. The van der Waals surface area contributed by atoms with Crippen LogP contribution in [0.5, 0.6) is 0 Å².